The molecule has 1 saturated heterocycles. The summed E-state index contributed by atoms with van der Waals surface area (Å²) in [6.45, 7) is 3.81. The Labute approximate surface area is 216 Å². The van der Waals surface area contributed by atoms with Crippen molar-refractivity contribution in [3.8, 4) is 23.5 Å². The van der Waals surface area contributed by atoms with Crippen LogP contribution in [0.5, 0.6) is 11.6 Å². The van der Waals surface area contributed by atoms with E-state index in [-0.39, 0.29) is 18.5 Å². The molecule has 1 aliphatic heterocycles. The number of likely N-dealkylation sites (tertiary alicyclic amines) is 1. The molecule has 1 aliphatic rings. The minimum absolute atomic E-state index is 0.228. The largest absolute Gasteiger partial charge is 0.495 e. The van der Waals surface area contributed by atoms with Crippen LogP contribution in [0.15, 0.2) is 36.5 Å². The lowest BCUT2D eigenvalue weighted by Gasteiger charge is -2.33. The Bertz CT molecular complexity index is 1310. The van der Waals surface area contributed by atoms with Crippen molar-refractivity contribution >= 4 is 22.9 Å². The maximum Gasteiger partial charge on any atom is 0.253 e. The fourth-order valence-corrected chi connectivity index (χ4v) is 4.40. The first-order valence-electron chi connectivity index (χ1n) is 12.3. The Morgan fingerprint density at radius 2 is 2.14 bits per heavy atom. The van der Waals surface area contributed by atoms with Crippen LogP contribution in [0.4, 0.5) is 15.8 Å². The second-order valence-corrected chi connectivity index (χ2v) is 8.75. The first-order chi connectivity index (χ1) is 18.0. The number of ether oxygens (including phenoxy) is 2. The van der Waals surface area contributed by atoms with Crippen molar-refractivity contribution in [2.24, 2.45) is 0 Å². The number of pyridine rings is 1. The van der Waals surface area contributed by atoms with Crippen LogP contribution >= 0.6 is 0 Å². The predicted molar refractivity (Wildman–Crippen MR) is 143 cm³/mol. The molecule has 10 heteroatoms. The number of amides is 1. The van der Waals surface area contributed by atoms with Gasteiger partial charge in [-0.15, -0.1) is 0 Å². The fourth-order valence-electron chi connectivity index (χ4n) is 4.40. The van der Waals surface area contributed by atoms with E-state index in [1.165, 1.54) is 0 Å². The molecule has 0 bridgehead atoms. The molecule has 2 atom stereocenters. The highest BCUT2D eigenvalue weighted by Gasteiger charge is 2.28. The maximum absolute atomic E-state index is 14.7. The molecule has 9 nitrogen and oxygen atoms in total. The summed E-state index contributed by atoms with van der Waals surface area (Å²) in [5, 5.41) is 9.17. The van der Waals surface area contributed by atoms with Crippen LogP contribution in [-0.2, 0) is 0 Å². The number of hydrogen-bond donors (Lipinski definition) is 3. The molecule has 0 unspecified atom stereocenters. The van der Waals surface area contributed by atoms with Gasteiger partial charge < -0.3 is 30.3 Å². The predicted octanol–water partition coefficient (Wildman–Crippen LogP) is 3.02. The number of fused-ring (bicyclic) bond motifs is 1. The molecule has 0 spiro atoms. The van der Waals surface area contributed by atoms with E-state index in [0.29, 0.717) is 53.8 Å². The van der Waals surface area contributed by atoms with Gasteiger partial charge in [-0.05, 0) is 50.6 Å². The topological polar surface area (TPSA) is 92.2 Å². The SMILES string of the molecule is CCOc1c(C#CCNc2c(OC)cccc2C(=O)NC)nc2c(N[C@@H]3CCN(C)C[C@@H]3F)cccn12. The van der Waals surface area contributed by atoms with E-state index in [4.69, 9.17) is 14.5 Å². The van der Waals surface area contributed by atoms with E-state index in [0.717, 1.165) is 12.2 Å². The number of para-hydroxylation sites is 1. The number of aromatic nitrogens is 2. The normalized spacial score (nSPS) is 17.5. The van der Waals surface area contributed by atoms with Crippen LogP contribution in [-0.4, -0.2) is 79.9 Å². The van der Waals surface area contributed by atoms with E-state index in [2.05, 4.69) is 27.8 Å². The summed E-state index contributed by atoms with van der Waals surface area (Å²) in [5.41, 5.74) is 2.85. The van der Waals surface area contributed by atoms with Gasteiger partial charge in [0, 0.05) is 26.3 Å². The molecule has 0 saturated carbocycles. The summed E-state index contributed by atoms with van der Waals surface area (Å²) in [4.78, 5) is 19.0. The van der Waals surface area contributed by atoms with Crippen LogP contribution in [0.2, 0.25) is 0 Å². The van der Waals surface area contributed by atoms with Gasteiger partial charge >= 0.3 is 0 Å². The average molecular weight is 509 g/mol. The number of halogens is 1. The summed E-state index contributed by atoms with van der Waals surface area (Å²) in [7, 11) is 5.06. The van der Waals surface area contributed by atoms with Crippen molar-refractivity contribution in [1.82, 2.24) is 19.6 Å². The monoisotopic (exact) mass is 508 g/mol. The van der Waals surface area contributed by atoms with Gasteiger partial charge in [-0.1, -0.05) is 12.0 Å². The molecule has 1 amide bonds. The number of anilines is 2. The van der Waals surface area contributed by atoms with Gasteiger partial charge in [0.05, 0.1) is 43.2 Å². The number of nitrogens with zero attached hydrogens (tertiary/aromatic N) is 3. The third-order valence-electron chi connectivity index (χ3n) is 6.25. The smallest absolute Gasteiger partial charge is 0.253 e. The van der Waals surface area contributed by atoms with Crippen molar-refractivity contribution < 1.29 is 18.7 Å². The molecule has 0 aliphatic carbocycles. The summed E-state index contributed by atoms with van der Waals surface area (Å²) in [6, 6.07) is 8.73. The van der Waals surface area contributed by atoms with E-state index in [1.807, 2.05) is 41.6 Å². The zero-order valence-corrected chi connectivity index (χ0v) is 21.6. The number of piperidine rings is 1. The minimum Gasteiger partial charge on any atom is -0.495 e. The number of alkyl halides is 1. The Kier molecular flexibility index (Phi) is 8.36. The molecule has 196 valence electrons. The number of benzene rings is 1. The van der Waals surface area contributed by atoms with Crippen molar-refractivity contribution in [2.75, 3.05) is 58.1 Å². The fraction of sp³-hybridized carbons (Fsp3) is 0.407. The van der Waals surface area contributed by atoms with Gasteiger partial charge in [0.1, 0.15) is 11.9 Å². The Morgan fingerprint density at radius 1 is 1.30 bits per heavy atom. The molecule has 4 rings (SSSR count). The number of nitrogens with one attached hydrogen (secondary N) is 3. The summed E-state index contributed by atoms with van der Waals surface area (Å²) in [6.07, 6.45) is 1.59. The van der Waals surface area contributed by atoms with Gasteiger partial charge in [-0.3, -0.25) is 9.20 Å². The number of methoxy groups -OCH3 is 1. The average Bonchev–Trinajstić information content (AvgIpc) is 3.26. The number of imidazole rings is 1. The molecule has 3 heterocycles. The molecule has 1 fully saturated rings. The second kappa shape index (κ2) is 11.8. The highest BCUT2D eigenvalue weighted by Crippen LogP contribution is 2.29. The van der Waals surface area contributed by atoms with Crippen LogP contribution in [0, 0.1) is 11.8 Å². The molecule has 37 heavy (non-hydrogen) atoms. The number of carbonyl (C=O) groups is 1. The number of hydrogen-bond acceptors (Lipinski definition) is 7. The van der Waals surface area contributed by atoms with E-state index >= 15 is 0 Å². The van der Waals surface area contributed by atoms with Crippen molar-refractivity contribution in [3.05, 3.63) is 47.8 Å². The lowest BCUT2D eigenvalue weighted by atomic mass is 10.0. The molecule has 2 aromatic heterocycles. The quantitative estimate of drug-likeness (QED) is 0.403. The highest BCUT2D eigenvalue weighted by atomic mass is 19.1. The summed E-state index contributed by atoms with van der Waals surface area (Å²) >= 11 is 0. The molecule has 0 radical (unpaired) electrons. The minimum atomic E-state index is -0.972. The van der Waals surface area contributed by atoms with Crippen molar-refractivity contribution in [1.29, 1.82) is 0 Å². The van der Waals surface area contributed by atoms with Crippen LogP contribution < -0.4 is 25.4 Å². The van der Waals surface area contributed by atoms with E-state index in [1.54, 1.807) is 32.4 Å². The second-order valence-electron chi connectivity index (χ2n) is 8.75. The molecule has 3 aromatic rings. The van der Waals surface area contributed by atoms with Crippen LogP contribution in [0.25, 0.3) is 5.65 Å². The summed E-state index contributed by atoms with van der Waals surface area (Å²) < 4.78 is 27.8. The third kappa shape index (κ3) is 5.73. The van der Waals surface area contributed by atoms with E-state index < -0.39 is 6.17 Å². The maximum atomic E-state index is 14.7. The molecular weight excluding hydrogens is 475 g/mol. The van der Waals surface area contributed by atoms with Crippen molar-refractivity contribution in [2.45, 2.75) is 25.6 Å². The van der Waals surface area contributed by atoms with Gasteiger partial charge in [-0.25, -0.2) is 9.37 Å². The standard InChI is InChI=1S/C27H33FN6O3/c1-5-37-27-22(10-7-14-30-24-18(26(35)29-2)9-6-12-23(24)36-4)32-25-21(11-8-15-34(25)27)31-20-13-16-33(3)17-19(20)28/h6,8-9,11-12,15,19-20,30-31H,5,13-14,16-17H2,1-4H3,(H,29,35)/t19-,20+/m0/s1. The number of carbonyl (C=O) groups excluding carboxylic acids is 1. The first-order valence-corrected chi connectivity index (χ1v) is 12.3. The van der Waals surface area contributed by atoms with Crippen LogP contribution in [0.1, 0.15) is 29.4 Å². The third-order valence-corrected chi connectivity index (χ3v) is 6.25. The lowest BCUT2D eigenvalue weighted by Crippen LogP contribution is -2.46. The Balaban J connectivity index is 1.59. The molecule has 3 N–H and O–H groups in total. The number of rotatable bonds is 8. The summed E-state index contributed by atoms with van der Waals surface area (Å²) in [5.74, 6) is 6.99. The van der Waals surface area contributed by atoms with E-state index in [9.17, 15) is 9.18 Å². The highest BCUT2D eigenvalue weighted by molar-refractivity contribution is 6.00. The van der Waals surface area contributed by atoms with Crippen molar-refractivity contribution in [3.63, 3.8) is 0 Å². The molecule has 1 aromatic carbocycles. The van der Waals surface area contributed by atoms with Gasteiger partial charge in [0.25, 0.3) is 5.91 Å². The zero-order chi connectivity index (χ0) is 26.4. The zero-order valence-electron chi connectivity index (χ0n) is 21.6. The lowest BCUT2D eigenvalue weighted by molar-refractivity contribution is 0.0963. The Hall–Kier alpha value is -3.97. The first kappa shape index (κ1) is 26.1. The van der Waals surface area contributed by atoms with Gasteiger partial charge in [0.15, 0.2) is 11.3 Å². The van der Waals surface area contributed by atoms with Crippen LogP contribution in [0.3, 0.4) is 0 Å². The van der Waals surface area contributed by atoms with Gasteiger partial charge in [-0.2, -0.15) is 0 Å². The Morgan fingerprint density at radius 3 is 2.86 bits per heavy atom. The molecular formula is C27H33FN6O3. The van der Waals surface area contributed by atoms with Gasteiger partial charge in [0.2, 0.25) is 5.88 Å².